The predicted octanol–water partition coefficient (Wildman–Crippen LogP) is 4.41. The molecule has 21 heavy (non-hydrogen) atoms. The molecular formula is C16H12BrClN2O. The summed E-state index contributed by atoms with van der Waals surface area (Å²) in [4.78, 5) is 12.5. The van der Waals surface area contributed by atoms with Gasteiger partial charge in [0, 0.05) is 22.5 Å². The Labute approximate surface area is 135 Å². The van der Waals surface area contributed by atoms with Crippen molar-refractivity contribution in [3.05, 3.63) is 63.2 Å². The number of Topliss-reactive ketones (excluding diaryl/α,β-unsaturated/α-hetero) is 1. The number of halogens is 2. The van der Waals surface area contributed by atoms with Crippen molar-refractivity contribution in [3.63, 3.8) is 0 Å². The number of carbonyl (C=O) groups is 1. The van der Waals surface area contributed by atoms with Crippen LogP contribution in [0.5, 0.6) is 0 Å². The van der Waals surface area contributed by atoms with Crippen LogP contribution < -0.4 is 0 Å². The summed E-state index contributed by atoms with van der Waals surface area (Å²) in [6, 6.07) is 13.2. The Morgan fingerprint density at radius 3 is 2.86 bits per heavy atom. The average Bonchev–Trinajstić information content (AvgIpc) is 2.78. The van der Waals surface area contributed by atoms with E-state index in [1.807, 2.05) is 37.4 Å². The highest BCUT2D eigenvalue weighted by atomic mass is 79.9. The fourth-order valence-corrected chi connectivity index (χ4v) is 2.96. The molecule has 0 amide bonds. The van der Waals surface area contributed by atoms with Gasteiger partial charge in [-0.05, 0) is 24.3 Å². The van der Waals surface area contributed by atoms with Crippen LogP contribution in [-0.4, -0.2) is 15.6 Å². The van der Waals surface area contributed by atoms with E-state index in [0.717, 1.165) is 21.1 Å². The number of para-hydroxylation sites is 1. The molecular weight excluding hydrogens is 352 g/mol. The molecule has 3 nitrogen and oxygen atoms in total. The van der Waals surface area contributed by atoms with Crippen molar-refractivity contribution in [1.82, 2.24) is 9.78 Å². The Hall–Kier alpha value is -1.65. The normalized spacial score (nSPS) is 11.0. The average molecular weight is 364 g/mol. The van der Waals surface area contributed by atoms with Crippen LogP contribution in [0, 0.1) is 0 Å². The van der Waals surface area contributed by atoms with E-state index < -0.39 is 0 Å². The Bertz CT molecular complexity index is 841. The van der Waals surface area contributed by atoms with Crippen LogP contribution >= 0.6 is 27.5 Å². The molecule has 1 heterocycles. The molecule has 0 N–H and O–H groups in total. The minimum absolute atomic E-state index is 0.0369. The molecule has 0 radical (unpaired) electrons. The summed E-state index contributed by atoms with van der Waals surface area (Å²) in [6.45, 7) is 0. The van der Waals surface area contributed by atoms with E-state index in [-0.39, 0.29) is 12.2 Å². The topological polar surface area (TPSA) is 34.9 Å². The fourth-order valence-electron chi connectivity index (χ4n) is 2.38. The number of aryl methyl sites for hydroxylation is 1. The second-order valence-electron chi connectivity index (χ2n) is 4.81. The fraction of sp³-hybridized carbons (Fsp3) is 0.125. The number of ketones is 1. The second-order valence-corrected chi connectivity index (χ2v) is 6.13. The van der Waals surface area contributed by atoms with Crippen molar-refractivity contribution in [2.24, 2.45) is 7.05 Å². The van der Waals surface area contributed by atoms with Crippen LogP contribution in [0.1, 0.15) is 16.1 Å². The molecule has 0 aliphatic carbocycles. The number of nitrogens with zero attached hydrogens (tertiary/aromatic N) is 2. The number of hydrogen-bond acceptors (Lipinski definition) is 2. The minimum atomic E-state index is -0.0369. The number of aromatic nitrogens is 2. The van der Waals surface area contributed by atoms with E-state index in [1.165, 1.54) is 0 Å². The number of carbonyl (C=O) groups excluding carboxylic acids is 1. The van der Waals surface area contributed by atoms with Gasteiger partial charge in [-0.25, -0.2) is 0 Å². The highest BCUT2D eigenvalue weighted by Gasteiger charge is 2.16. The molecule has 0 fully saturated rings. The quantitative estimate of drug-likeness (QED) is 0.646. The molecule has 0 spiro atoms. The maximum absolute atomic E-state index is 12.5. The van der Waals surface area contributed by atoms with Crippen LogP contribution in [-0.2, 0) is 13.5 Å². The molecule has 0 saturated carbocycles. The number of hydrogen-bond donors (Lipinski definition) is 0. The van der Waals surface area contributed by atoms with Gasteiger partial charge in [0.2, 0.25) is 0 Å². The van der Waals surface area contributed by atoms with Gasteiger partial charge in [-0.2, -0.15) is 5.10 Å². The lowest BCUT2D eigenvalue weighted by Crippen LogP contribution is -2.05. The van der Waals surface area contributed by atoms with Crippen LogP contribution in [0.4, 0.5) is 0 Å². The van der Waals surface area contributed by atoms with Gasteiger partial charge < -0.3 is 0 Å². The molecule has 5 heteroatoms. The van der Waals surface area contributed by atoms with E-state index in [0.29, 0.717) is 10.6 Å². The summed E-state index contributed by atoms with van der Waals surface area (Å²) in [5, 5.41) is 5.91. The molecule has 3 aromatic rings. The van der Waals surface area contributed by atoms with Gasteiger partial charge >= 0.3 is 0 Å². The van der Waals surface area contributed by atoms with Gasteiger partial charge in [-0.1, -0.05) is 45.7 Å². The van der Waals surface area contributed by atoms with Crippen LogP contribution in [0.25, 0.3) is 10.9 Å². The molecule has 0 saturated heterocycles. The van der Waals surface area contributed by atoms with Crippen molar-refractivity contribution in [3.8, 4) is 0 Å². The van der Waals surface area contributed by atoms with E-state index in [1.54, 1.807) is 16.8 Å². The maximum atomic E-state index is 12.5. The Morgan fingerprint density at radius 2 is 2.05 bits per heavy atom. The zero-order valence-corrected chi connectivity index (χ0v) is 13.6. The molecule has 0 aliphatic rings. The van der Waals surface area contributed by atoms with Crippen LogP contribution in [0.3, 0.4) is 0 Å². The largest absolute Gasteiger partial charge is 0.294 e. The van der Waals surface area contributed by atoms with Crippen molar-refractivity contribution in [1.29, 1.82) is 0 Å². The SMILES string of the molecule is Cn1nc(CC(=O)c2cc(Br)ccc2Cl)c2ccccc21. The van der Waals surface area contributed by atoms with E-state index in [4.69, 9.17) is 11.6 Å². The molecule has 1 aromatic heterocycles. The van der Waals surface area contributed by atoms with Crippen molar-refractivity contribution < 1.29 is 4.79 Å². The number of rotatable bonds is 3. The van der Waals surface area contributed by atoms with Gasteiger partial charge in [0.05, 0.1) is 22.7 Å². The van der Waals surface area contributed by atoms with Crippen molar-refractivity contribution in [2.45, 2.75) is 6.42 Å². The molecule has 3 rings (SSSR count). The maximum Gasteiger partial charge on any atom is 0.170 e. The van der Waals surface area contributed by atoms with Crippen LogP contribution in [0.2, 0.25) is 5.02 Å². The molecule has 0 bridgehead atoms. The molecule has 0 aliphatic heterocycles. The second kappa shape index (κ2) is 5.62. The lowest BCUT2D eigenvalue weighted by Gasteiger charge is -2.03. The zero-order chi connectivity index (χ0) is 15.0. The summed E-state index contributed by atoms with van der Waals surface area (Å²) in [7, 11) is 1.88. The summed E-state index contributed by atoms with van der Waals surface area (Å²) in [6.07, 6.45) is 0.234. The van der Waals surface area contributed by atoms with Gasteiger partial charge in [0.1, 0.15) is 0 Å². The van der Waals surface area contributed by atoms with E-state index >= 15 is 0 Å². The van der Waals surface area contributed by atoms with Gasteiger partial charge in [0.15, 0.2) is 5.78 Å². The number of fused-ring (bicyclic) bond motifs is 1. The highest BCUT2D eigenvalue weighted by molar-refractivity contribution is 9.10. The first kappa shape index (κ1) is 14.3. The first-order chi connectivity index (χ1) is 10.1. The predicted molar refractivity (Wildman–Crippen MR) is 87.9 cm³/mol. The smallest absolute Gasteiger partial charge is 0.170 e. The van der Waals surface area contributed by atoms with Crippen molar-refractivity contribution >= 4 is 44.2 Å². The third-order valence-electron chi connectivity index (χ3n) is 3.39. The van der Waals surface area contributed by atoms with Gasteiger partial charge in [-0.3, -0.25) is 9.48 Å². The number of benzene rings is 2. The third kappa shape index (κ3) is 2.74. The van der Waals surface area contributed by atoms with E-state index in [9.17, 15) is 4.79 Å². The first-order valence-electron chi connectivity index (χ1n) is 6.45. The van der Waals surface area contributed by atoms with E-state index in [2.05, 4.69) is 21.0 Å². The Balaban J connectivity index is 1.99. The summed E-state index contributed by atoms with van der Waals surface area (Å²) < 4.78 is 2.63. The Morgan fingerprint density at radius 1 is 1.29 bits per heavy atom. The third-order valence-corrected chi connectivity index (χ3v) is 4.21. The summed E-state index contributed by atoms with van der Waals surface area (Å²) >= 11 is 9.48. The van der Waals surface area contributed by atoms with Gasteiger partial charge in [-0.15, -0.1) is 0 Å². The zero-order valence-electron chi connectivity index (χ0n) is 11.3. The first-order valence-corrected chi connectivity index (χ1v) is 7.62. The lowest BCUT2D eigenvalue weighted by atomic mass is 10.0. The molecule has 0 unspecified atom stereocenters. The monoisotopic (exact) mass is 362 g/mol. The Kier molecular flexibility index (Phi) is 3.83. The molecule has 2 aromatic carbocycles. The summed E-state index contributed by atoms with van der Waals surface area (Å²) in [5.41, 5.74) is 2.30. The summed E-state index contributed by atoms with van der Waals surface area (Å²) in [5.74, 6) is -0.0369. The van der Waals surface area contributed by atoms with Gasteiger partial charge in [0.25, 0.3) is 0 Å². The molecule has 106 valence electrons. The molecule has 0 atom stereocenters. The highest BCUT2D eigenvalue weighted by Crippen LogP contribution is 2.24. The van der Waals surface area contributed by atoms with Crippen molar-refractivity contribution in [2.75, 3.05) is 0 Å². The minimum Gasteiger partial charge on any atom is -0.294 e. The lowest BCUT2D eigenvalue weighted by molar-refractivity contribution is 0.0992. The van der Waals surface area contributed by atoms with Crippen LogP contribution in [0.15, 0.2) is 46.9 Å². The standard InChI is InChI=1S/C16H12BrClN2O/c1-20-15-5-3-2-4-11(15)14(19-20)9-16(21)12-8-10(17)6-7-13(12)18/h2-8H,9H2,1H3.